The smallest absolute Gasteiger partial charge is 0.213 e. The highest BCUT2D eigenvalue weighted by atomic mass is 79.9. The lowest BCUT2D eigenvalue weighted by atomic mass is 10.0. The third kappa shape index (κ3) is 5.26. The predicted octanol–water partition coefficient (Wildman–Crippen LogP) is 4.57. The van der Waals surface area contributed by atoms with Crippen molar-refractivity contribution in [1.29, 1.82) is 0 Å². The first-order chi connectivity index (χ1) is 16.2. The fourth-order valence-electron chi connectivity index (χ4n) is 4.64. The third-order valence-electron chi connectivity index (χ3n) is 6.56. The molecule has 1 aromatic heterocycles. The van der Waals surface area contributed by atoms with Crippen LogP contribution < -0.4 is 19.5 Å². The molecular weight excluding hydrogens is 482 g/mol. The number of aromatic nitrogens is 1. The van der Waals surface area contributed by atoms with Crippen LogP contribution in [0.5, 0.6) is 17.4 Å². The second-order valence-corrected chi connectivity index (χ2v) is 9.54. The molecule has 3 aromatic rings. The minimum Gasteiger partial charge on any atom is -0.486 e. The summed E-state index contributed by atoms with van der Waals surface area (Å²) in [7, 11) is 1.66. The molecule has 1 N–H and O–H groups in total. The average molecular weight is 512 g/mol. The minimum atomic E-state index is 0.550. The third-order valence-corrected chi connectivity index (χ3v) is 7.25. The van der Waals surface area contributed by atoms with Gasteiger partial charge in [-0.3, -0.25) is 0 Å². The fraction of sp³-hybridized carbons (Fsp3) is 0.423. The Morgan fingerprint density at radius 1 is 1.06 bits per heavy atom. The van der Waals surface area contributed by atoms with Crippen molar-refractivity contribution in [2.45, 2.75) is 31.8 Å². The van der Waals surface area contributed by atoms with E-state index in [4.69, 9.17) is 19.2 Å². The molecule has 174 valence electrons. The Hall–Kier alpha value is -2.35. The molecule has 0 saturated carbocycles. The first-order valence-corrected chi connectivity index (χ1v) is 12.5. The predicted molar refractivity (Wildman–Crippen MR) is 133 cm³/mol. The van der Waals surface area contributed by atoms with E-state index >= 15 is 0 Å². The Bertz CT molecular complexity index is 1120. The van der Waals surface area contributed by atoms with Gasteiger partial charge in [-0.25, -0.2) is 4.98 Å². The number of pyridine rings is 1. The van der Waals surface area contributed by atoms with Crippen molar-refractivity contribution < 1.29 is 14.2 Å². The van der Waals surface area contributed by atoms with Gasteiger partial charge in [0.25, 0.3) is 0 Å². The topological polar surface area (TPSA) is 55.9 Å². The molecule has 2 aliphatic heterocycles. The van der Waals surface area contributed by atoms with E-state index in [0.717, 1.165) is 72.3 Å². The van der Waals surface area contributed by atoms with E-state index in [1.807, 2.05) is 12.1 Å². The van der Waals surface area contributed by atoms with Crippen LogP contribution >= 0.6 is 15.9 Å². The van der Waals surface area contributed by atoms with Gasteiger partial charge < -0.3 is 24.4 Å². The summed E-state index contributed by atoms with van der Waals surface area (Å²) < 4.78 is 17.7. The number of nitrogens with zero attached hydrogens (tertiary/aromatic N) is 2. The van der Waals surface area contributed by atoms with Crippen molar-refractivity contribution in [3.63, 3.8) is 0 Å². The standard InChI is InChI=1S/C26H30BrN3O3/c1-31-25-7-4-21-22(27)5-3-19(26(21)29-25)8-11-30-12-9-20(10-13-30)28-17-18-2-6-23-24(16-18)33-15-14-32-23/h2-7,16,20,28H,8-15,17H2,1H3. The van der Waals surface area contributed by atoms with Crippen LogP contribution in [0.2, 0.25) is 0 Å². The molecule has 1 saturated heterocycles. The molecule has 0 amide bonds. The number of hydrogen-bond donors (Lipinski definition) is 1. The highest BCUT2D eigenvalue weighted by Gasteiger charge is 2.20. The fourth-order valence-corrected chi connectivity index (χ4v) is 5.09. The van der Waals surface area contributed by atoms with Crippen molar-refractivity contribution in [2.75, 3.05) is 40.0 Å². The van der Waals surface area contributed by atoms with E-state index in [1.165, 1.54) is 11.1 Å². The quantitative estimate of drug-likeness (QED) is 0.501. The van der Waals surface area contributed by atoms with E-state index in [9.17, 15) is 0 Å². The summed E-state index contributed by atoms with van der Waals surface area (Å²) in [6.45, 7) is 5.39. The maximum absolute atomic E-state index is 5.71. The molecule has 33 heavy (non-hydrogen) atoms. The van der Waals surface area contributed by atoms with Crippen molar-refractivity contribution in [2.24, 2.45) is 0 Å². The van der Waals surface area contributed by atoms with E-state index in [1.54, 1.807) is 7.11 Å². The van der Waals surface area contributed by atoms with Crippen molar-refractivity contribution >= 4 is 26.8 Å². The van der Waals surface area contributed by atoms with Gasteiger partial charge >= 0.3 is 0 Å². The van der Waals surface area contributed by atoms with Crippen LogP contribution in [0.1, 0.15) is 24.0 Å². The summed E-state index contributed by atoms with van der Waals surface area (Å²) in [4.78, 5) is 7.28. The number of methoxy groups -OCH3 is 1. The summed E-state index contributed by atoms with van der Waals surface area (Å²) in [6, 6.07) is 15.1. The minimum absolute atomic E-state index is 0.550. The van der Waals surface area contributed by atoms with Gasteiger partial charge in [-0.05, 0) is 67.7 Å². The van der Waals surface area contributed by atoms with Gasteiger partial charge in [0.15, 0.2) is 11.5 Å². The molecule has 0 radical (unpaired) electrons. The summed E-state index contributed by atoms with van der Waals surface area (Å²) >= 11 is 3.65. The normalized spacial score (nSPS) is 16.8. The summed E-state index contributed by atoms with van der Waals surface area (Å²) in [5.74, 6) is 2.38. The first-order valence-electron chi connectivity index (χ1n) is 11.7. The van der Waals surface area contributed by atoms with Gasteiger partial charge in [-0.2, -0.15) is 0 Å². The first kappa shape index (κ1) is 22.4. The van der Waals surface area contributed by atoms with Gasteiger partial charge in [0.1, 0.15) is 13.2 Å². The molecule has 0 unspecified atom stereocenters. The van der Waals surface area contributed by atoms with Crippen LogP contribution in [0.25, 0.3) is 10.9 Å². The van der Waals surface area contributed by atoms with Crippen LogP contribution in [0.15, 0.2) is 46.9 Å². The lowest BCUT2D eigenvalue weighted by molar-refractivity contribution is 0.171. The van der Waals surface area contributed by atoms with E-state index in [2.05, 4.69) is 56.5 Å². The number of benzene rings is 2. The zero-order chi connectivity index (χ0) is 22.6. The van der Waals surface area contributed by atoms with Crippen LogP contribution in [0.4, 0.5) is 0 Å². The van der Waals surface area contributed by atoms with Gasteiger partial charge in [0, 0.05) is 35.1 Å². The highest BCUT2D eigenvalue weighted by molar-refractivity contribution is 9.10. The number of ether oxygens (including phenoxy) is 3. The Balaban J connectivity index is 1.12. The van der Waals surface area contributed by atoms with E-state index in [-0.39, 0.29) is 0 Å². The Labute approximate surface area is 203 Å². The second-order valence-electron chi connectivity index (χ2n) is 8.68. The summed E-state index contributed by atoms with van der Waals surface area (Å²) in [5, 5.41) is 4.86. The highest BCUT2D eigenvalue weighted by Crippen LogP contribution is 2.31. The zero-order valence-electron chi connectivity index (χ0n) is 19.0. The van der Waals surface area contributed by atoms with Crippen LogP contribution in [-0.4, -0.2) is 55.9 Å². The lowest BCUT2D eigenvalue weighted by Crippen LogP contribution is -2.42. The van der Waals surface area contributed by atoms with Gasteiger partial charge in [0.05, 0.1) is 12.6 Å². The van der Waals surface area contributed by atoms with E-state index < -0.39 is 0 Å². The number of piperidine rings is 1. The molecule has 0 aliphatic carbocycles. The average Bonchev–Trinajstić information content (AvgIpc) is 2.87. The monoisotopic (exact) mass is 511 g/mol. The molecule has 3 heterocycles. The molecule has 5 rings (SSSR count). The Kier molecular flexibility index (Phi) is 6.99. The van der Waals surface area contributed by atoms with Crippen LogP contribution in [0.3, 0.4) is 0 Å². The number of rotatable bonds is 7. The molecule has 0 spiro atoms. The van der Waals surface area contributed by atoms with Gasteiger partial charge in [0.2, 0.25) is 5.88 Å². The number of nitrogens with one attached hydrogen (secondary N) is 1. The van der Waals surface area contributed by atoms with Crippen molar-refractivity contribution in [1.82, 2.24) is 15.2 Å². The largest absolute Gasteiger partial charge is 0.486 e. The summed E-state index contributed by atoms with van der Waals surface area (Å²) in [5.41, 5.74) is 3.54. The van der Waals surface area contributed by atoms with Gasteiger partial charge in [-0.15, -0.1) is 0 Å². The molecule has 0 bridgehead atoms. The zero-order valence-corrected chi connectivity index (χ0v) is 20.6. The Morgan fingerprint density at radius 3 is 2.70 bits per heavy atom. The SMILES string of the molecule is COc1ccc2c(Br)ccc(CCN3CCC(NCc4ccc5c(c4)OCCO5)CC3)c2n1. The van der Waals surface area contributed by atoms with E-state index in [0.29, 0.717) is 25.1 Å². The van der Waals surface area contributed by atoms with Crippen LogP contribution in [0, 0.1) is 0 Å². The maximum Gasteiger partial charge on any atom is 0.213 e. The molecule has 2 aliphatic rings. The lowest BCUT2D eigenvalue weighted by Gasteiger charge is -2.32. The molecule has 1 fully saturated rings. The van der Waals surface area contributed by atoms with Crippen LogP contribution in [-0.2, 0) is 13.0 Å². The second kappa shape index (κ2) is 10.3. The molecule has 6 nitrogen and oxygen atoms in total. The maximum atomic E-state index is 5.71. The number of fused-ring (bicyclic) bond motifs is 2. The van der Waals surface area contributed by atoms with Gasteiger partial charge in [-0.1, -0.05) is 28.1 Å². The molecular formula is C26H30BrN3O3. The van der Waals surface area contributed by atoms with Crippen molar-refractivity contribution in [3.05, 3.63) is 58.1 Å². The summed E-state index contributed by atoms with van der Waals surface area (Å²) in [6.07, 6.45) is 3.31. The molecule has 2 aromatic carbocycles. The Morgan fingerprint density at radius 2 is 1.88 bits per heavy atom. The number of halogens is 1. The molecule has 0 atom stereocenters. The number of hydrogen-bond acceptors (Lipinski definition) is 6. The van der Waals surface area contributed by atoms with Crippen molar-refractivity contribution in [3.8, 4) is 17.4 Å². The molecule has 7 heteroatoms. The number of likely N-dealkylation sites (tertiary alicyclic amines) is 1.